The van der Waals surface area contributed by atoms with Gasteiger partial charge in [-0.1, -0.05) is 13.0 Å². The highest BCUT2D eigenvalue weighted by atomic mass is 32.1. The Labute approximate surface area is 120 Å². The van der Waals surface area contributed by atoms with Crippen molar-refractivity contribution in [3.63, 3.8) is 0 Å². The Morgan fingerprint density at radius 3 is 3.00 bits per heavy atom. The number of aliphatic hydroxyl groups is 1. The second-order valence-electron chi connectivity index (χ2n) is 4.15. The first-order chi connectivity index (χ1) is 9.22. The van der Waals surface area contributed by atoms with Crippen molar-refractivity contribution in [3.05, 3.63) is 28.6 Å². The van der Waals surface area contributed by atoms with Gasteiger partial charge in [-0.05, 0) is 17.9 Å². The lowest BCUT2D eigenvalue weighted by molar-refractivity contribution is -0.121. The summed E-state index contributed by atoms with van der Waals surface area (Å²) in [7, 11) is 0. The number of rotatable bonds is 6. The van der Waals surface area contributed by atoms with Gasteiger partial charge in [-0.25, -0.2) is 4.98 Å². The maximum absolute atomic E-state index is 11.8. The van der Waals surface area contributed by atoms with Gasteiger partial charge < -0.3 is 10.4 Å². The van der Waals surface area contributed by atoms with E-state index in [1.54, 1.807) is 22.7 Å². The minimum Gasteiger partial charge on any atom is -0.394 e. The topological polar surface area (TPSA) is 62.2 Å². The van der Waals surface area contributed by atoms with Crippen LogP contribution in [-0.4, -0.2) is 28.6 Å². The summed E-state index contributed by atoms with van der Waals surface area (Å²) in [6, 6.07) is 3.84. The Balaban J connectivity index is 1.95. The Bertz CT molecular complexity index is 518. The van der Waals surface area contributed by atoms with Gasteiger partial charge >= 0.3 is 0 Å². The molecule has 1 unspecified atom stereocenters. The normalized spacial score (nSPS) is 12.3. The number of carbonyl (C=O) groups excluding carboxylic acids is 1. The predicted octanol–water partition coefficient (Wildman–Crippen LogP) is 2.30. The second kappa shape index (κ2) is 6.79. The van der Waals surface area contributed by atoms with Crippen molar-refractivity contribution in [3.8, 4) is 9.88 Å². The summed E-state index contributed by atoms with van der Waals surface area (Å²) in [6.45, 7) is 1.90. The van der Waals surface area contributed by atoms with Crippen molar-refractivity contribution in [1.29, 1.82) is 0 Å². The third-order valence-corrected chi connectivity index (χ3v) is 4.63. The predicted molar refractivity (Wildman–Crippen MR) is 78.4 cm³/mol. The van der Waals surface area contributed by atoms with E-state index < -0.39 is 0 Å². The van der Waals surface area contributed by atoms with Crippen molar-refractivity contribution < 1.29 is 9.90 Å². The van der Waals surface area contributed by atoms with Crippen LogP contribution in [0, 0.1) is 0 Å². The molecular weight excluding hydrogens is 280 g/mol. The number of nitrogens with one attached hydrogen (secondary N) is 1. The third-order valence-electron chi connectivity index (χ3n) is 2.70. The minimum atomic E-state index is -0.164. The molecule has 1 amide bonds. The lowest BCUT2D eigenvalue weighted by atomic mass is 10.2. The van der Waals surface area contributed by atoms with Crippen LogP contribution < -0.4 is 5.32 Å². The smallest absolute Gasteiger partial charge is 0.226 e. The van der Waals surface area contributed by atoms with E-state index in [9.17, 15) is 4.79 Å². The highest BCUT2D eigenvalue weighted by Crippen LogP contribution is 2.27. The second-order valence-corrected chi connectivity index (χ2v) is 5.96. The molecule has 1 atom stereocenters. The molecule has 2 heterocycles. The fourth-order valence-electron chi connectivity index (χ4n) is 1.62. The number of thiazole rings is 1. The zero-order chi connectivity index (χ0) is 13.7. The van der Waals surface area contributed by atoms with E-state index in [0.29, 0.717) is 0 Å². The molecule has 0 radical (unpaired) electrons. The molecule has 2 rings (SSSR count). The number of aliphatic hydroxyl groups excluding tert-OH is 1. The van der Waals surface area contributed by atoms with Crippen molar-refractivity contribution in [2.75, 3.05) is 6.61 Å². The van der Waals surface area contributed by atoms with Gasteiger partial charge in [0.2, 0.25) is 5.91 Å². The van der Waals surface area contributed by atoms with Crippen LogP contribution in [0.4, 0.5) is 0 Å². The summed E-state index contributed by atoms with van der Waals surface area (Å²) in [5, 5.41) is 16.7. The van der Waals surface area contributed by atoms with Gasteiger partial charge in [0, 0.05) is 5.38 Å². The van der Waals surface area contributed by atoms with E-state index in [-0.39, 0.29) is 25.0 Å². The minimum absolute atomic E-state index is 0.0280. The van der Waals surface area contributed by atoms with E-state index in [2.05, 4.69) is 10.3 Å². The van der Waals surface area contributed by atoms with Gasteiger partial charge in [-0.3, -0.25) is 4.79 Å². The average Bonchev–Trinajstić information content (AvgIpc) is 3.06. The van der Waals surface area contributed by atoms with Crippen molar-refractivity contribution in [1.82, 2.24) is 10.3 Å². The largest absolute Gasteiger partial charge is 0.394 e. The Morgan fingerprint density at radius 2 is 2.37 bits per heavy atom. The van der Waals surface area contributed by atoms with E-state index in [0.717, 1.165) is 22.0 Å². The van der Waals surface area contributed by atoms with Crippen LogP contribution in [0.25, 0.3) is 9.88 Å². The Kier molecular flexibility index (Phi) is 5.07. The zero-order valence-electron chi connectivity index (χ0n) is 10.6. The molecule has 0 spiro atoms. The third kappa shape index (κ3) is 3.86. The summed E-state index contributed by atoms with van der Waals surface area (Å²) in [6.07, 6.45) is 0.984. The summed E-state index contributed by atoms with van der Waals surface area (Å²) in [4.78, 5) is 17.4. The number of amides is 1. The molecule has 0 aliphatic rings. The lowest BCUT2D eigenvalue weighted by Crippen LogP contribution is -2.37. The molecule has 102 valence electrons. The number of nitrogens with zero attached hydrogens (tertiary/aromatic N) is 1. The van der Waals surface area contributed by atoms with Crippen molar-refractivity contribution >= 4 is 28.6 Å². The van der Waals surface area contributed by atoms with Gasteiger partial charge in [0.1, 0.15) is 5.01 Å². The first kappa shape index (κ1) is 14.2. The van der Waals surface area contributed by atoms with Gasteiger partial charge in [0.15, 0.2) is 0 Å². The molecule has 0 saturated heterocycles. The van der Waals surface area contributed by atoms with E-state index in [4.69, 9.17) is 5.11 Å². The molecular formula is C13H16N2O2S2. The van der Waals surface area contributed by atoms with Gasteiger partial charge in [-0.2, -0.15) is 0 Å². The van der Waals surface area contributed by atoms with Crippen LogP contribution >= 0.6 is 22.7 Å². The molecule has 4 nitrogen and oxygen atoms in total. The molecule has 0 bridgehead atoms. The monoisotopic (exact) mass is 296 g/mol. The Hall–Kier alpha value is -1.24. The van der Waals surface area contributed by atoms with Crippen molar-refractivity contribution in [2.24, 2.45) is 0 Å². The first-order valence-electron chi connectivity index (χ1n) is 6.11. The quantitative estimate of drug-likeness (QED) is 0.860. The van der Waals surface area contributed by atoms with Gasteiger partial charge in [-0.15, -0.1) is 22.7 Å². The standard InChI is InChI=1S/C13H16N2O2S2/c1-2-9(7-16)14-12(17)6-10-8-19-13(15-10)11-4-3-5-18-11/h3-5,8-9,16H,2,6-7H2,1H3,(H,14,17). The maximum Gasteiger partial charge on any atom is 0.226 e. The molecule has 0 fully saturated rings. The van der Waals surface area contributed by atoms with Crippen LogP contribution in [0.5, 0.6) is 0 Å². The van der Waals surface area contributed by atoms with Crippen LogP contribution in [0.1, 0.15) is 19.0 Å². The number of hydrogen-bond acceptors (Lipinski definition) is 5. The van der Waals surface area contributed by atoms with E-state index in [1.165, 1.54) is 0 Å². The molecule has 0 saturated carbocycles. The molecule has 6 heteroatoms. The molecule has 2 N–H and O–H groups in total. The molecule has 0 aliphatic carbocycles. The first-order valence-corrected chi connectivity index (χ1v) is 7.87. The van der Waals surface area contributed by atoms with E-state index >= 15 is 0 Å². The van der Waals surface area contributed by atoms with E-state index in [1.807, 2.05) is 29.8 Å². The summed E-state index contributed by atoms with van der Waals surface area (Å²) in [5.41, 5.74) is 0.777. The fraction of sp³-hybridized carbons (Fsp3) is 0.385. The highest BCUT2D eigenvalue weighted by Gasteiger charge is 2.12. The SMILES string of the molecule is CCC(CO)NC(=O)Cc1csc(-c2cccs2)n1. The number of hydrogen-bond donors (Lipinski definition) is 2. The van der Waals surface area contributed by atoms with Crippen LogP contribution in [0.2, 0.25) is 0 Å². The van der Waals surface area contributed by atoms with Crippen LogP contribution in [0.15, 0.2) is 22.9 Å². The van der Waals surface area contributed by atoms with Crippen molar-refractivity contribution in [2.45, 2.75) is 25.8 Å². The molecule has 2 aromatic rings. The summed E-state index contributed by atoms with van der Waals surface area (Å²) in [5.74, 6) is -0.0936. The zero-order valence-corrected chi connectivity index (χ0v) is 12.3. The molecule has 2 aromatic heterocycles. The maximum atomic E-state index is 11.8. The number of thiophene rings is 1. The van der Waals surface area contributed by atoms with Crippen LogP contribution in [-0.2, 0) is 11.2 Å². The van der Waals surface area contributed by atoms with Gasteiger partial charge in [0.05, 0.1) is 29.6 Å². The Morgan fingerprint density at radius 1 is 1.53 bits per heavy atom. The fourth-order valence-corrected chi connectivity index (χ4v) is 3.26. The molecule has 0 aromatic carbocycles. The van der Waals surface area contributed by atoms with Gasteiger partial charge in [0.25, 0.3) is 0 Å². The van der Waals surface area contributed by atoms with Crippen LogP contribution in [0.3, 0.4) is 0 Å². The summed E-state index contributed by atoms with van der Waals surface area (Å²) >= 11 is 3.19. The summed E-state index contributed by atoms with van der Waals surface area (Å²) < 4.78 is 0. The average molecular weight is 296 g/mol. The molecule has 0 aliphatic heterocycles. The highest BCUT2D eigenvalue weighted by molar-refractivity contribution is 7.20. The number of aromatic nitrogens is 1. The lowest BCUT2D eigenvalue weighted by Gasteiger charge is -2.13. The molecule has 19 heavy (non-hydrogen) atoms. The number of carbonyl (C=O) groups is 1.